The third kappa shape index (κ3) is 4.10. The summed E-state index contributed by atoms with van der Waals surface area (Å²) in [6, 6.07) is 7.00. The average Bonchev–Trinajstić information content (AvgIpc) is 2.67. The van der Waals surface area contributed by atoms with Crippen LogP contribution in [0.5, 0.6) is 0 Å². The van der Waals surface area contributed by atoms with Crippen molar-refractivity contribution in [1.29, 1.82) is 0 Å². The van der Waals surface area contributed by atoms with Gasteiger partial charge < -0.3 is 14.5 Å². The second-order valence-corrected chi connectivity index (χ2v) is 6.66. The minimum Gasteiger partial charge on any atom is -0.465 e. The van der Waals surface area contributed by atoms with Gasteiger partial charge in [-0.05, 0) is 19.4 Å². The lowest BCUT2D eigenvalue weighted by atomic mass is 9.90. The van der Waals surface area contributed by atoms with E-state index in [1.807, 2.05) is 36.1 Å². The van der Waals surface area contributed by atoms with Crippen molar-refractivity contribution in [3.8, 4) is 0 Å². The Balaban J connectivity index is 1.92. The van der Waals surface area contributed by atoms with E-state index in [9.17, 15) is 14.4 Å². The van der Waals surface area contributed by atoms with E-state index in [4.69, 9.17) is 9.73 Å². The Morgan fingerprint density at radius 3 is 2.70 bits per heavy atom. The van der Waals surface area contributed by atoms with E-state index < -0.39 is 23.8 Å². The molecule has 0 saturated carbocycles. The number of guanidine groups is 1. The van der Waals surface area contributed by atoms with Crippen molar-refractivity contribution < 1.29 is 19.1 Å². The van der Waals surface area contributed by atoms with Gasteiger partial charge in [-0.3, -0.25) is 19.7 Å². The molecule has 1 aromatic carbocycles. The zero-order chi connectivity index (χ0) is 19.4. The van der Waals surface area contributed by atoms with Crippen LogP contribution in [0.4, 0.5) is 0 Å². The number of nitrogens with zero attached hydrogens (tertiary/aromatic N) is 3. The molecule has 8 heteroatoms. The van der Waals surface area contributed by atoms with Gasteiger partial charge >= 0.3 is 5.97 Å². The molecule has 27 heavy (non-hydrogen) atoms. The van der Waals surface area contributed by atoms with E-state index in [0.717, 1.165) is 17.5 Å². The van der Waals surface area contributed by atoms with Crippen LogP contribution in [-0.2, 0) is 19.1 Å². The molecule has 1 N–H and O–H groups in total. The molecule has 2 unspecified atom stereocenters. The molecular formula is C19H24N4O4. The van der Waals surface area contributed by atoms with Crippen molar-refractivity contribution in [3.05, 3.63) is 35.4 Å². The SMILES string of the molecule is CCOC(=O)C1C(=O)NC(N2CCN(C=O)CC2)=NC1c1cccc(C)c1. The standard InChI is InChI=1S/C19H24N4O4/c1-3-27-18(26)15-16(14-6-4-5-13(2)11-14)20-19(21-17(15)25)23-9-7-22(12-24)8-10-23/h4-6,11-12,15-16H,3,7-10H2,1-2H3,(H,20,21,25). The van der Waals surface area contributed by atoms with Gasteiger partial charge in [0, 0.05) is 26.2 Å². The van der Waals surface area contributed by atoms with Crippen molar-refractivity contribution in [1.82, 2.24) is 15.1 Å². The minimum atomic E-state index is -1.02. The molecule has 0 radical (unpaired) electrons. The van der Waals surface area contributed by atoms with Crippen molar-refractivity contribution >= 4 is 24.2 Å². The zero-order valence-electron chi connectivity index (χ0n) is 15.6. The summed E-state index contributed by atoms with van der Waals surface area (Å²) in [5.41, 5.74) is 1.82. The first-order chi connectivity index (χ1) is 13.0. The second kappa shape index (κ2) is 8.20. The van der Waals surface area contributed by atoms with Crippen molar-refractivity contribution in [2.24, 2.45) is 10.9 Å². The molecule has 0 spiro atoms. The number of amides is 2. The van der Waals surface area contributed by atoms with Crippen LogP contribution >= 0.6 is 0 Å². The number of rotatable bonds is 4. The van der Waals surface area contributed by atoms with E-state index in [0.29, 0.717) is 32.1 Å². The minimum absolute atomic E-state index is 0.202. The third-order valence-corrected chi connectivity index (χ3v) is 4.78. The average molecular weight is 372 g/mol. The Labute approximate surface area is 158 Å². The number of ether oxygens (including phenoxy) is 1. The summed E-state index contributed by atoms with van der Waals surface area (Å²) in [5.74, 6) is -1.57. The fourth-order valence-electron chi connectivity index (χ4n) is 3.36. The number of aliphatic imine (C=N–C) groups is 1. The Bertz CT molecular complexity index is 756. The number of hydrogen-bond acceptors (Lipinski definition) is 6. The first kappa shape index (κ1) is 18.9. The van der Waals surface area contributed by atoms with Crippen LogP contribution in [0.3, 0.4) is 0 Å². The van der Waals surface area contributed by atoms with Crippen LogP contribution in [0.15, 0.2) is 29.3 Å². The van der Waals surface area contributed by atoms with Crippen LogP contribution in [0.25, 0.3) is 0 Å². The van der Waals surface area contributed by atoms with Gasteiger partial charge in [-0.15, -0.1) is 0 Å². The van der Waals surface area contributed by atoms with Gasteiger partial charge in [0.2, 0.25) is 18.3 Å². The largest absolute Gasteiger partial charge is 0.465 e. The van der Waals surface area contributed by atoms with Crippen LogP contribution in [0, 0.1) is 12.8 Å². The van der Waals surface area contributed by atoms with Crippen LogP contribution in [0.2, 0.25) is 0 Å². The lowest BCUT2D eigenvalue weighted by Gasteiger charge is -2.37. The molecule has 1 aromatic rings. The molecule has 144 valence electrons. The van der Waals surface area contributed by atoms with Gasteiger partial charge in [0.15, 0.2) is 5.92 Å². The number of benzene rings is 1. The Morgan fingerprint density at radius 1 is 1.33 bits per heavy atom. The first-order valence-electron chi connectivity index (χ1n) is 9.09. The number of carbonyl (C=O) groups is 3. The van der Waals surface area contributed by atoms with E-state index >= 15 is 0 Å². The Kier molecular flexibility index (Phi) is 5.73. The van der Waals surface area contributed by atoms with Crippen molar-refractivity contribution in [3.63, 3.8) is 0 Å². The van der Waals surface area contributed by atoms with Crippen molar-refractivity contribution in [2.75, 3.05) is 32.8 Å². The highest BCUT2D eigenvalue weighted by Crippen LogP contribution is 2.31. The van der Waals surface area contributed by atoms with E-state index in [2.05, 4.69) is 5.32 Å². The number of carbonyl (C=O) groups excluding carboxylic acids is 3. The highest BCUT2D eigenvalue weighted by molar-refractivity contribution is 6.08. The lowest BCUT2D eigenvalue weighted by Crippen LogP contribution is -2.57. The molecule has 8 nitrogen and oxygen atoms in total. The molecule has 3 rings (SSSR count). The van der Waals surface area contributed by atoms with Crippen LogP contribution in [0.1, 0.15) is 24.1 Å². The number of aryl methyl sites for hydroxylation is 1. The number of hydrogen-bond donors (Lipinski definition) is 1. The van der Waals surface area contributed by atoms with Gasteiger partial charge in [-0.2, -0.15) is 0 Å². The molecule has 0 aromatic heterocycles. The Hall–Kier alpha value is -2.90. The van der Waals surface area contributed by atoms with Gasteiger partial charge in [0.1, 0.15) is 6.04 Å². The molecule has 2 amide bonds. The monoisotopic (exact) mass is 372 g/mol. The predicted octanol–water partition coefficient (Wildman–Crippen LogP) is 0.475. The molecule has 2 atom stereocenters. The fraction of sp³-hybridized carbons (Fsp3) is 0.474. The van der Waals surface area contributed by atoms with Gasteiger partial charge in [0.25, 0.3) is 0 Å². The first-order valence-corrected chi connectivity index (χ1v) is 9.09. The lowest BCUT2D eigenvalue weighted by molar-refractivity contribution is -0.153. The van der Waals surface area contributed by atoms with E-state index in [-0.39, 0.29) is 6.61 Å². The molecule has 0 bridgehead atoms. The molecule has 2 aliphatic heterocycles. The van der Waals surface area contributed by atoms with Crippen LogP contribution in [-0.4, -0.2) is 66.8 Å². The zero-order valence-corrected chi connectivity index (χ0v) is 15.6. The topological polar surface area (TPSA) is 91.3 Å². The summed E-state index contributed by atoms with van der Waals surface area (Å²) in [6.07, 6.45) is 0.824. The molecule has 0 aliphatic carbocycles. The summed E-state index contributed by atoms with van der Waals surface area (Å²) in [5, 5.41) is 2.75. The quantitative estimate of drug-likeness (QED) is 0.471. The van der Waals surface area contributed by atoms with Crippen molar-refractivity contribution in [2.45, 2.75) is 19.9 Å². The maximum absolute atomic E-state index is 12.8. The highest BCUT2D eigenvalue weighted by atomic mass is 16.5. The summed E-state index contributed by atoms with van der Waals surface area (Å²) < 4.78 is 5.11. The molecule has 1 saturated heterocycles. The summed E-state index contributed by atoms with van der Waals surface area (Å²) in [7, 11) is 0. The second-order valence-electron chi connectivity index (χ2n) is 6.66. The maximum atomic E-state index is 12.8. The molecule has 2 heterocycles. The summed E-state index contributed by atoms with van der Waals surface area (Å²) in [6.45, 7) is 6.14. The Morgan fingerprint density at radius 2 is 2.07 bits per heavy atom. The van der Waals surface area contributed by atoms with Crippen LogP contribution < -0.4 is 5.32 Å². The highest BCUT2D eigenvalue weighted by Gasteiger charge is 2.42. The third-order valence-electron chi connectivity index (χ3n) is 4.78. The number of nitrogens with one attached hydrogen (secondary N) is 1. The molecule has 1 fully saturated rings. The molecule has 2 aliphatic rings. The normalized spacial score (nSPS) is 22.7. The predicted molar refractivity (Wildman–Crippen MR) is 98.8 cm³/mol. The van der Waals surface area contributed by atoms with Gasteiger partial charge in [0.05, 0.1) is 6.61 Å². The smallest absolute Gasteiger partial charge is 0.321 e. The molecular weight excluding hydrogens is 348 g/mol. The van der Waals surface area contributed by atoms with E-state index in [1.165, 1.54) is 0 Å². The van der Waals surface area contributed by atoms with Gasteiger partial charge in [-0.25, -0.2) is 4.99 Å². The number of esters is 1. The summed E-state index contributed by atoms with van der Waals surface area (Å²) in [4.78, 5) is 44.4. The number of piperazine rings is 1. The van der Waals surface area contributed by atoms with E-state index in [1.54, 1.807) is 11.8 Å². The maximum Gasteiger partial charge on any atom is 0.321 e. The summed E-state index contributed by atoms with van der Waals surface area (Å²) >= 11 is 0. The van der Waals surface area contributed by atoms with Gasteiger partial charge in [-0.1, -0.05) is 29.8 Å². The fourth-order valence-corrected chi connectivity index (χ4v) is 3.36.